The van der Waals surface area contributed by atoms with E-state index in [0.717, 1.165) is 49.6 Å². The summed E-state index contributed by atoms with van der Waals surface area (Å²) in [6.45, 7) is 5.77. The highest BCUT2D eigenvalue weighted by molar-refractivity contribution is 5.70. The fourth-order valence-corrected chi connectivity index (χ4v) is 3.71. The summed E-state index contributed by atoms with van der Waals surface area (Å²) in [7, 11) is 0. The Morgan fingerprint density at radius 1 is 0.903 bits per heavy atom. The van der Waals surface area contributed by atoms with Crippen molar-refractivity contribution in [2.24, 2.45) is 0 Å². The molecule has 1 saturated heterocycles. The van der Waals surface area contributed by atoms with E-state index < -0.39 is 0 Å². The van der Waals surface area contributed by atoms with Gasteiger partial charge in [-0.3, -0.25) is 14.9 Å². The maximum atomic E-state index is 12.5. The summed E-state index contributed by atoms with van der Waals surface area (Å²) in [5, 5.41) is 0. The van der Waals surface area contributed by atoms with Crippen molar-refractivity contribution in [2.45, 2.75) is 26.3 Å². The largest absolute Gasteiger partial charge is 0.415 e. The summed E-state index contributed by atoms with van der Waals surface area (Å²) in [5.41, 5.74) is 4.39. The van der Waals surface area contributed by atoms with Crippen LogP contribution >= 0.6 is 0 Å². The highest BCUT2D eigenvalue weighted by Gasteiger charge is 2.22. The molecule has 0 aliphatic carbocycles. The number of hydrogen-bond donors (Lipinski definition) is 0. The molecule has 4 rings (SSSR count). The van der Waals surface area contributed by atoms with Crippen molar-refractivity contribution in [1.29, 1.82) is 0 Å². The van der Waals surface area contributed by atoms with E-state index in [1.165, 1.54) is 5.56 Å². The Kier molecular flexibility index (Phi) is 6.89. The Bertz CT molecular complexity index is 984. The zero-order chi connectivity index (χ0) is 21.5. The summed E-state index contributed by atoms with van der Waals surface area (Å²) in [5.74, 6) is 0.582. The van der Waals surface area contributed by atoms with Gasteiger partial charge in [0.15, 0.2) is 0 Å². The Hall–Kier alpha value is -3.25. The lowest BCUT2D eigenvalue weighted by molar-refractivity contribution is 0.107. The van der Waals surface area contributed by atoms with Gasteiger partial charge < -0.3 is 9.64 Å². The first-order chi connectivity index (χ1) is 15.2. The molecule has 0 saturated carbocycles. The van der Waals surface area contributed by atoms with Crippen molar-refractivity contribution >= 4 is 6.09 Å². The lowest BCUT2D eigenvalue weighted by Gasteiger charge is -2.33. The summed E-state index contributed by atoms with van der Waals surface area (Å²) in [6.07, 6.45) is 3.33. The topological polar surface area (TPSA) is 58.6 Å². The highest BCUT2D eigenvalue weighted by atomic mass is 16.6. The minimum atomic E-state index is -0.283. The molecule has 3 aromatic rings. The van der Waals surface area contributed by atoms with Gasteiger partial charge in [-0.25, -0.2) is 4.79 Å². The van der Waals surface area contributed by atoms with E-state index in [1.807, 2.05) is 67.7 Å². The maximum absolute atomic E-state index is 12.5. The monoisotopic (exact) mass is 416 g/mol. The van der Waals surface area contributed by atoms with E-state index >= 15 is 0 Å². The number of piperazine rings is 1. The van der Waals surface area contributed by atoms with Crippen LogP contribution in [0.3, 0.4) is 0 Å². The second-order valence-electron chi connectivity index (χ2n) is 7.87. The molecule has 6 heteroatoms. The number of ether oxygens (including phenoxy) is 1. The number of hydrogen-bond acceptors (Lipinski definition) is 5. The normalized spacial score (nSPS) is 14.4. The molecule has 160 valence electrons. The Morgan fingerprint density at radius 2 is 1.68 bits per heavy atom. The number of carbonyl (C=O) groups is 1. The van der Waals surface area contributed by atoms with E-state index in [2.05, 4.69) is 20.9 Å². The molecule has 1 amide bonds. The van der Waals surface area contributed by atoms with E-state index in [1.54, 1.807) is 4.90 Å². The van der Waals surface area contributed by atoms with Crippen molar-refractivity contribution in [2.75, 3.05) is 26.2 Å². The molecule has 1 aromatic carbocycles. The van der Waals surface area contributed by atoms with Crippen LogP contribution in [-0.2, 0) is 19.4 Å². The molecule has 2 aromatic heterocycles. The van der Waals surface area contributed by atoms with Crippen molar-refractivity contribution in [3.63, 3.8) is 0 Å². The van der Waals surface area contributed by atoms with Gasteiger partial charge >= 0.3 is 6.09 Å². The number of pyridine rings is 2. The van der Waals surface area contributed by atoms with Gasteiger partial charge in [0.1, 0.15) is 5.75 Å². The standard InChI is InChI=1S/C25H28N4O2/c1-20-5-4-7-22(27-20)11-8-21-9-12-24(13-10-21)31-25(30)29-17-15-28(16-18-29)19-23-6-2-3-14-26-23/h2-7,9-10,12-14H,8,11,15-19H2,1H3. The van der Waals surface area contributed by atoms with Crippen molar-refractivity contribution in [1.82, 2.24) is 19.8 Å². The summed E-state index contributed by atoms with van der Waals surface area (Å²) >= 11 is 0. The Balaban J connectivity index is 1.22. The van der Waals surface area contributed by atoms with Crippen LogP contribution in [0.4, 0.5) is 4.79 Å². The smallest absolute Gasteiger partial charge is 0.410 e. The predicted octanol–water partition coefficient (Wildman–Crippen LogP) is 3.89. The van der Waals surface area contributed by atoms with Gasteiger partial charge in [0.25, 0.3) is 0 Å². The number of benzene rings is 1. The van der Waals surface area contributed by atoms with E-state index in [4.69, 9.17) is 4.74 Å². The molecule has 0 N–H and O–H groups in total. The number of carbonyl (C=O) groups excluding carboxylic acids is 1. The molecule has 31 heavy (non-hydrogen) atoms. The van der Waals surface area contributed by atoms with Crippen LogP contribution in [0.1, 0.15) is 22.6 Å². The summed E-state index contributed by atoms with van der Waals surface area (Å²) in [4.78, 5) is 25.5. The SMILES string of the molecule is Cc1cccc(CCc2ccc(OC(=O)N3CCN(Cc4ccccn4)CC3)cc2)n1. The predicted molar refractivity (Wildman–Crippen MR) is 120 cm³/mol. The zero-order valence-electron chi connectivity index (χ0n) is 17.9. The van der Waals surface area contributed by atoms with Gasteiger partial charge in [0.2, 0.25) is 0 Å². The molecule has 0 radical (unpaired) electrons. The average molecular weight is 417 g/mol. The third-order valence-electron chi connectivity index (χ3n) is 5.49. The number of amides is 1. The summed E-state index contributed by atoms with van der Waals surface area (Å²) in [6, 6.07) is 19.8. The van der Waals surface area contributed by atoms with Gasteiger partial charge in [-0.05, 0) is 61.7 Å². The van der Waals surface area contributed by atoms with E-state index in [9.17, 15) is 4.79 Å². The van der Waals surface area contributed by atoms with Crippen LogP contribution in [0.2, 0.25) is 0 Å². The molecule has 0 atom stereocenters. The van der Waals surface area contributed by atoms with Crippen molar-refractivity contribution in [3.8, 4) is 5.75 Å². The lowest BCUT2D eigenvalue weighted by atomic mass is 10.1. The first kappa shape index (κ1) is 21.0. The molecular weight excluding hydrogens is 388 g/mol. The van der Waals surface area contributed by atoms with Crippen LogP contribution in [0.25, 0.3) is 0 Å². The van der Waals surface area contributed by atoms with Crippen LogP contribution in [0.15, 0.2) is 66.9 Å². The fourth-order valence-electron chi connectivity index (χ4n) is 3.71. The third kappa shape index (κ3) is 6.12. The number of rotatable bonds is 6. The van der Waals surface area contributed by atoms with Crippen LogP contribution in [-0.4, -0.2) is 52.0 Å². The average Bonchev–Trinajstić information content (AvgIpc) is 2.80. The number of aryl methyl sites for hydroxylation is 3. The van der Waals surface area contributed by atoms with Crippen molar-refractivity contribution in [3.05, 3.63) is 89.5 Å². The minimum absolute atomic E-state index is 0.283. The number of nitrogens with zero attached hydrogens (tertiary/aromatic N) is 4. The van der Waals surface area contributed by atoms with Gasteiger partial charge in [0.05, 0.1) is 5.69 Å². The highest BCUT2D eigenvalue weighted by Crippen LogP contribution is 2.16. The molecule has 1 aliphatic rings. The molecule has 6 nitrogen and oxygen atoms in total. The van der Waals surface area contributed by atoms with Gasteiger partial charge in [-0.1, -0.05) is 24.3 Å². The quantitative estimate of drug-likeness (QED) is 0.610. The molecule has 1 aliphatic heterocycles. The maximum Gasteiger partial charge on any atom is 0.415 e. The fraction of sp³-hybridized carbons (Fsp3) is 0.320. The summed E-state index contributed by atoms with van der Waals surface area (Å²) < 4.78 is 5.58. The molecule has 0 bridgehead atoms. The second kappa shape index (κ2) is 10.2. The first-order valence-corrected chi connectivity index (χ1v) is 10.8. The molecule has 0 unspecified atom stereocenters. The van der Waals surface area contributed by atoms with E-state index in [0.29, 0.717) is 18.8 Å². The van der Waals surface area contributed by atoms with Crippen LogP contribution in [0, 0.1) is 6.92 Å². The van der Waals surface area contributed by atoms with Crippen LogP contribution < -0.4 is 4.74 Å². The zero-order valence-corrected chi connectivity index (χ0v) is 17.9. The number of aromatic nitrogens is 2. The second-order valence-corrected chi connectivity index (χ2v) is 7.87. The van der Waals surface area contributed by atoms with E-state index in [-0.39, 0.29) is 6.09 Å². The molecule has 1 fully saturated rings. The van der Waals surface area contributed by atoms with Gasteiger partial charge in [-0.15, -0.1) is 0 Å². The molecule has 3 heterocycles. The first-order valence-electron chi connectivity index (χ1n) is 10.8. The molecular formula is C25H28N4O2. The van der Waals surface area contributed by atoms with Crippen molar-refractivity contribution < 1.29 is 9.53 Å². The Labute approximate surface area is 183 Å². The lowest BCUT2D eigenvalue weighted by Crippen LogP contribution is -2.49. The molecule has 0 spiro atoms. The van der Waals surface area contributed by atoms with Gasteiger partial charge in [0, 0.05) is 50.3 Å². The third-order valence-corrected chi connectivity index (χ3v) is 5.49. The van der Waals surface area contributed by atoms with Crippen LogP contribution in [0.5, 0.6) is 5.75 Å². The Morgan fingerprint density at radius 3 is 2.39 bits per heavy atom. The minimum Gasteiger partial charge on any atom is -0.410 e. The van der Waals surface area contributed by atoms with Gasteiger partial charge in [-0.2, -0.15) is 0 Å².